The molecule has 1 aliphatic heterocycles. The number of halogens is 1. The summed E-state index contributed by atoms with van der Waals surface area (Å²) in [5, 5.41) is 7.54. The third-order valence-corrected chi connectivity index (χ3v) is 4.64. The van der Waals surface area contributed by atoms with E-state index in [2.05, 4.69) is 10.4 Å². The van der Waals surface area contributed by atoms with Crippen LogP contribution < -0.4 is 5.32 Å². The van der Waals surface area contributed by atoms with Crippen molar-refractivity contribution in [3.63, 3.8) is 0 Å². The number of carbonyl (C=O) groups excluding carboxylic acids is 1. The van der Waals surface area contributed by atoms with Crippen molar-refractivity contribution in [2.45, 2.75) is 19.4 Å². The number of aryl methyl sites for hydroxylation is 1. The fraction of sp³-hybridized carbons (Fsp3) is 0.444. The van der Waals surface area contributed by atoms with Crippen LogP contribution in [0.1, 0.15) is 24.0 Å². The average Bonchev–Trinajstić information content (AvgIpc) is 3.20. The first kappa shape index (κ1) is 16.6. The van der Waals surface area contributed by atoms with Gasteiger partial charge in [-0.2, -0.15) is 5.10 Å². The Bertz CT molecular complexity index is 715. The molecule has 0 spiro atoms. The molecule has 0 saturated carbocycles. The Morgan fingerprint density at radius 2 is 2.29 bits per heavy atom. The molecule has 0 aliphatic carbocycles. The highest BCUT2D eigenvalue weighted by Gasteiger charge is 2.36. The number of amides is 1. The highest BCUT2D eigenvalue weighted by atomic mass is 19.1. The number of hydrogen-bond acceptors (Lipinski definition) is 3. The number of hydrogen-bond donors (Lipinski definition) is 1. The number of benzene rings is 1. The molecule has 1 aromatic heterocycles. The molecule has 24 heavy (non-hydrogen) atoms. The maximum Gasteiger partial charge on any atom is 0.227 e. The van der Waals surface area contributed by atoms with E-state index in [-0.39, 0.29) is 23.6 Å². The lowest BCUT2D eigenvalue weighted by molar-refractivity contribution is -0.135. The first-order valence-electron chi connectivity index (χ1n) is 8.31. The van der Waals surface area contributed by atoms with E-state index in [4.69, 9.17) is 0 Å². The van der Waals surface area contributed by atoms with Gasteiger partial charge < -0.3 is 10.2 Å². The van der Waals surface area contributed by atoms with Crippen molar-refractivity contribution in [2.24, 2.45) is 13.0 Å². The maximum atomic E-state index is 13.4. The van der Waals surface area contributed by atoms with Crippen molar-refractivity contribution < 1.29 is 9.18 Å². The van der Waals surface area contributed by atoms with E-state index in [0.717, 1.165) is 17.7 Å². The summed E-state index contributed by atoms with van der Waals surface area (Å²) in [6.45, 7) is 4.44. The third kappa shape index (κ3) is 3.48. The number of rotatable bonds is 5. The van der Waals surface area contributed by atoms with E-state index in [1.807, 2.05) is 32.4 Å². The van der Waals surface area contributed by atoms with E-state index in [1.165, 1.54) is 12.1 Å². The summed E-state index contributed by atoms with van der Waals surface area (Å²) in [4.78, 5) is 14.8. The van der Waals surface area contributed by atoms with E-state index in [1.54, 1.807) is 15.6 Å². The second-order valence-electron chi connectivity index (χ2n) is 6.30. The van der Waals surface area contributed by atoms with E-state index < -0.39 is 0 Å². The lowest BCUT2D eigenvalue weighted by Gasteiger charge is -2.26. The number of aromatic nitrogens is 2. The summed E-state index contributed by atoms with van der Waals surface area (Å²) in [6.07, 6.45) is 3.81. The zero-order chi connectivity index (χ0) is 17.1. The van der Waals surface area contributed by atoms with Crippen LogP contribution in [-0.4, -0.2) is 40.2 Å². The summed E-state index contributed by atoms with van der Waals surface area (Å²) >= 11 is 0. The lowest BCUT2D eigenvalue weighted by atomic mass is 9.89. The van der Waals surface area contributed by atoms with Crippen LogP contribution in [0.15, 0.2) is 36.7 Å². The quantitative estimate of drug-likeness (QED) is 0.911. The molecule has 5 nitrogen and oxygen atoms in total. The standard InChI is InChI=1S/C18H23FN4O/c1-3-23(11-13-5-4-6-15(19)7-13)18(24)17-10-20-9-16(17)14-8-21-22(2)12-14/h4-8,12,16-17,20H,3,9-11H2,1-2H3/t16-,17+/m1/s1. The number of nitrogens with one attached hydrogen (secondary N) is 1. The molecule has 1 fully saturated rings. The second kappa shape index (κ2) is 7.13. The first-order valence-corrected chi connectivity index (χ1v) is 8.31. The van der Waals surface area contributed by atoms with Crippen LogP contribution in [0.5, 0.6) is 0 Å². The molecule has 0 unspecified atom stereocenters. The fourth-order valence-electron chi connectivity index (χ4n) is 3.36. The molecule has 2 aromatic rings. The molecule has 3 rings (SSSR count). The molecule has 1 aliphatic rings. The van der Waals surface area contributed by atoms with Gasteiger partial charge in [-0.05, 0) is 30.2 Å². The molecule has 2 heterocycles. The van der Waals surface area contributed by atoms with Gasteiger partial charge >= 0.3 is 0 Å². The van der Waals surface area contributed by atoms with Crippen LogP contribution in [0.4, 0.5) is 4.39 Å². The Labute approximate surface area is 141 Å². The Balaban J connectivity index is 1.75. The molecule has 0 radical (unpaired) electrons. The van der Waals surface area contributed by atoms with Crippen LogP contribution in [0.3, 0.4) is 0 Å². The highest BCUT2D eigenvalue weighted by molar-refractivity contribution is 5.80. The molecule has 128 valence electrons. The molecule has 2 atom stereocenters. The summed E-state index contributed by atoms with van der Waals surface area (Å²) < 4.78 is 15.1. The number of nitrogens with zero attached hydrogens (tertiary/aromatic N) is 3. The SMILES string of the molecule is CCN(Cc1cccc(F)c1)C(=O)[C@H]1CNC[C@@H]1c1cnn(C)c1. The summed E-state index contributed by atoms with van der Waals surface area (Å²) in [7, 11) is 1.88. The van der Waals surface area contributed by atoms with E-state index in [0.29, 0.717) is 19.6 Å². The molecule has 1 amide bonds. The van der Waals surface area contributed by atoms with Gasteiger partial charge in [0.15, 0.2) is 0 Å². The van der Waals surface area contributed by atoms with Crippen molar-refractivity contribution in [1.29, 1.82) is 0 Å². The van der Waals surface area contributed by atoms with Gasteiger partial charge in [0.1, 0.15) is 5.82 Å². The minimum Gasteiger partial charge on any atom is -0.338 e. The normalized spacial score (nSPS) is 20.3. The lowest BCUT2D eigenvalue weighted by Crippen LogP contribution is -2.38. The van der Waals surface area contributed by atoms with Crippen LogP contribution >= 0.6 is 0 Å². The molecule has 1 N–H and O–H groups in total. The molecule has 6 heteroatoms. The zero-order valence-corrected chi connectivity index (χ0v) is 14.1. The zero-order valence-electron chi connectivity index (χ0n) is 14.1. The van der Waals surface area contributed by atoms with Gasteiger partial charge in [-0.25, -0.2) is 4.39 Å². The molecular formula is C18H23FN4O. The van der Waals surface area contributed by atoms with Crippen LogP contribution in [0.2, 0.25) is 0 Å². The summed E-state index contributed by atoms with van der Waals surface area (Å²) in [5.41, 5.74) is 1.90. The summed E-state index contributed by atoms with van der Waals surface area (Å²) in [6, 6.07) is 6.44. The highest BCUT2D eigenvalue weighted by Crippen LogP contribution is 2.29. The van der Waals surface area contributed by atoms with Crippen molar-refractivity contribution in [2.75, 3.05) is 19.6 Å². The molecule has 0 bridgehead atoms. The third-order valence-electron chi connectivity index (χ3n) is 4.64. The molecule has 1 aromatic carbocycles. The first-order chi connectivity index (χ1) is 11.6. The second-order valence-corrected chi connectivity index (χ2v) is 6.30. The van der Waals surface area contributed by atoms with Gasteiger partial charge in [0.2, 0.25) is 5.91 Å². The van der Waals surface area contributed by atoms with E-state index in [9.17, 15) is 9.18 Å². The van der Waals surface area contributed by atoms with Gasteiger partial charge in [-0.3, -0.25) is 9.48 Å². The van der Waals surface area contributed by atoms with Gasteiger partial charge in [-0.15, -0.1) is 0 Å². The Morgan fingerprint density at radius 1 is 1.46 bits per heavy atom. The Kier molecular flexibility index (Phi) is 4.94. The topological polar surface area (TPSA) is 50.2 Å². The fourth-order valence-corrected chi connectivity index (χ4v) is 3.36. The number of carbonyl (C=O) groups is 1. The Hall–Kier alpha value is -2.21. The minimum atomic E-state index is -0.272. The predicted octanol–water partition coefficient (Wildman–Crippen LogP) is 1.91. The Morgan fingerprint density at radius 3 is 2.96 bits per heavy atom. The van der Waals surface area contributed by atoms with Crippen LogP contribution in [-0.2, 0) is 18.4 Å². The van der Waals surface area contributed by atoms with Gasteiger partial charge in [0.05, 0.1) is 12.1 Å². The maximum absolute atomic E-state index is 13.4. The van der Waals surface area contributed by atoms with Crippen molar-refractivity contribution in [3.05, 3.63) is 53.6 Å². The average molecular weight is 330 g/mol. The van der Waals surface area contributed by atoms with Gasteiger partial charge in [0.25, 0.3) is 0 Å². The van der Waals surface area contributed by atoms with Crippen molar-refractivity contribution in [1.82, 2.24) is 20.0 Å². The van der Waals surface area contributed by atoms with Gasteiger partial charge in [0, 0.05) is 45.3 Å². The molecular weight excluding hydrogens is 307 g/mol. The predicted molar refractivity (Wildman–Crippen MR) is 89.8 cm³/mol. The summed E-state index contributed by atoms with van der Waals surface area (Å²) in [5.74, 6) is -0.136. The largest absolute Gasteiger partial charge is 0.338 e. The van der Waals surface area contributed by atoms with Crippen molar-refractivity contribution >= 4 is 5.91 Å². The monoisotopic (exact) mass is 330 g/mol. The molecule has 1 saturated heterocycles. The minimum absolute atomic E-state index is 0.109. The van der Waals surface area contributed by atoms with Gasteiger partial charge in [-0.1, -0.05) is 12.1 Å². The van der Waals surface area contributed by atoms with Crippen LogP contribution in [0.25, 0.3) is 0 Å². The smallest absolute Gasteiger partial charge is 0.227 e. The van der Waals surface area contributed by atoms with E-state index >= 15 is 0 Å². The van der Waals surface area contributed by atoms with Crippen molar-refractivity contribution in [3.8, 4) is 0 Å². The van der Waals surface area contributed by atoms with Crippen LogP contribution in [0, 0.1) is 11.7 Å².